The summed E-state index contributed by atoms with van der Waals surface area (Å²) in [5.41, 5.74) is 20.9. The first kappa shape index (κ1) is 48.6. The summed E-state index contributed by atoms with van der Waals surface area (Å²) >= 11 is 0. The molecule has 0 saturated heterocycles. The standard InChI is InChI=1S/C78H60N2/c1-53-23-21-34-62(49-53)80(61-42-40-56(41-43-61)77(2,3)4)64-45-48-70-71(51-64)75(55-39-46-67-66-36-19-20-38-73(66)78(74(67)50-55,57-26-9-5-10-27-57)58-28-11-6-12-29-58)69-47-44-63(79(59-30-13-7-14-31-59)60-32-15-8-16-33-60)52-72(69)76(70)68-37-22-25-54-24-17-18-35-65(54)68/h5-52H,1-4H3. The highest BCUT2D eigenvalue weighted by Gasteiger charge is 2.46. The zero-order valence-corrected chi connectivity index (χ0v) is 45.6. The molecule has 0 aromatic heterocycles. The molecule has 0 aliphatic heterocycles. The van der Waals surface area contributed by atoms with E-state index in [9.17, 15) is 0 Å². The minimum Gasteiger partial charge on any atom is -0.310 e. The molecule has 0 heterocycles. The molecule has 0 unspecified atom stereocenters. The number of aryl methyl sites for hydroxylation is 1. The predicted molar refractivity (Wildman–Crippen MR) is 340 cm³/mol. The van der Waals surface area contributed by atoms with E-state index in [0.717, 1.165) is 39.7 Å². The SMILES string of the molecule is Cc1cccc(N(c2ccc(C(C)(C)C)cc2)c2ccc3c(-c4cccc5ccccc45)c4cc(N(c5ccccc5)c5ccccc5)ccc4c(-c4ccc5c(c4)C(c4ccccc4)(c4ccccc4)c4ccccc4-5)c3c2)c1. The molecule has 13 aromatic rings. The molecule has 2 heteroatoms. The topological polar surface area (TPSA) is 6.48 Å². The maximum Gasteiger partial charge on any atom is 0.0713 e. The molecule has 2 nitrogen and oxygen atoms in total. The third kappa shape index (κ3) is 8.09. The first-order valence-corrected chi connectivity index (χ1v) is 28.0. The molecule has 0 saturated carbocycles. The summed E-state index contributed by atoms with van der Waals surface area (Å²) in [5.74, 6) is 0. The third-order valence-corrected chi connectivity index (χ3v) is 16.7. The first-order valence-electron chi connectivity index (χ1n) is 28.0. The molecule has 0 radical (unpaired) electrons. The van der Waals surface area contributed by atoms with Gasteiger partial charge in [-0.25, -0.2) is 0 Å². The van der Waals surface area contributed by atoms with Crippen LogP contribution in [0.15, 0.2) is 291 Å². The number of para-hydroxylation sites is 2. The van der Waals surface area contributed by atoms with Crippen molar-refractivity contribution in [3.05, 3.63) is 325 Å². The van der Waals surface area contributed by atoms with Crippen molar-refractivity contribution >= 4 is 66.4 Å². The van der Waals surface area contributed by atoms with Crippen LogP contribution >= 0.6 is 0 Å². The van der Waals surface area contributed by atoms with Gasteiger partial charge in [0.1, 0.15) is 0 Å². The average molecular weight is 1030 g/mol. The second-order valence-electron chi connectivity index (χ2n) is 22.5. The van der Waals surface area contributed by atoms with Gasteiger partial charge < -0.3 is 9.80 Å². The van der Waals surface area contributed by atoms with Gasteiger partial charge in [-0.05, 0) is 190 Å². The van der Waals surface area contributed by atoms with E-state index in [1.807, 2.05) is 0 Å². The van der Waals surface area contributed by atoms with Gasteiger partial charge in [-0.15, -0.1) is 0 Å². The van der Waals surface area contributed by atoms with Gasteiger partial charge in [0.15, 0.2) is 0 Å². The lowest BCUT2D eigenvalue weighted by Crippen LogP contribution is -2.28. The Morgan fingerprint density at radius 2 is 0.762 bits per heavy atom. The van der Waals surface area contributed by atoms with Crippen LogP contribution in [0.2, 0.25) is 0 Å². The third-order valence-electron chi connectivity index (χ3n) is 16.7. The fourth-order valence-electron chi connectivity index (χ4n) is 13.1. The normalized spacial score (nSPS) is 12.6. The Kier molecular flexibility index (Phi) is 11.9. The molecule has 0 amide bonds. The summed E-state index contributed by atoms with van der Waals surface area (Å²) in [6.45, 7) is 9.05. The zero-order valence-electron chi connectivity index (χ0n) is 45.6. The smallest absolute Gasteiger partial charge is 0.0713 e. The van der Waals surface area contributed by atoms with Gasteiger partial charge in [-0.1, -0.05) is 233 Å². The molecule has 1 aliphatic carbocycles. The van der Waals surface area contributed by atoms with E-state index in [0.29, 0.717) is 0 Å². The van der Waals surface area contributed by atoms with Crippen LogP contribution in [0.3, 0.4) is 0 Å². The van der Waals surface area contributed by atoms with Crippen LogP contribution in [0, 0.1) is 6.92 Å². The lowest BCUT2D eigenvalue weighted by molar-refractivity contribution is 0.590. The van der Waals surface area contributed by atoms with E-state index in [1.165, 1.54) is 93.5 Å². The van der Waals surface area contributed by atoms with Crippen molar-refractivity contribution in [2.24, 2.45) is 0 Å². The lowest BCUT2D eigenvalue weighted by atomic mass is 9.67. The van der Waals surface area contributed by atoms with Gasteiger partial charge in [-0.3, -0.25) is 0 Å². The maximum absolute atomic E-state index is 2.55. The Bertz CT molecular complexity index is 4360. The van der Waals surface area contributed by atoms with E-state index in [4.69, 9.17) is 0 Å². The molecule has 382 valence electrons. The van der Waals surface area contributed by atoms with Crippen LogP contribution in [0.25, 0.3) is 65.7 Å². The number of hydrogen-bond donors (Lipinski definition) is 0. The van der Waals surface area contributed by atoms with Crippen molar-refractivity contribution in [3.8, 4) is 33.4 Å². The van der Waals surface area contributed by atoms with E-state index in [-0.39, 0.29) is 5.41 Å². The first-order chi connectivity index (χ1) is 39.2. The van der Waals surface area contributed by atoms with E-state index >= 15 is 0 Å². The fourth-order valence-corrected chi connectivity index (χ4v) is 13.1. The quantitative estimate of drug-likeness (QED) is 0.126. The second kappa shape index (κ2) is 19.6. The van der Waals surface area contributed by atoms with Crippen LogP contribution in [0.4, 0.5) is 34.1 Å². The highest BCUT2D eigenvalue weighted by molar-refractivity contribution is 6.25. The average Bonchev–Trinajstić information content (AvgIpc) is 4.01. The molecular formula is C78H60N2. The Hall–Kier alpha value is -9.76. The van der Waals surface area contributed by atoms with E-state index < -0.39 is 5.41 Å². The van der Waals surface area contributed by atoms with Crippen molar-refractivity contribution in [1.82, 2.24) is 0 Å². The summed E-state index contributed by atoms with van der Waals surface area (Å²) in [6.07, 6.45) is 0. The molecule has 0 N–H and O–H groups in total. The van der Waals surface area contributed by atoms with E-state index in [2.05, 4.69) is 329 Å². The minimum absolute atomic E-state index is 0.0124. The predicted octanol–water partition coefficient (Wildman–Crippen LogP) is 21.4. The van der Waals surface area contributed by atoms with Gasteiger partial charge in [0.2, 0.25) is 0 Å². The summed E-state index contributed by atoms with van der Waals surface area (Å²) in [4.78, 5) is 4.84. The summed E-state index contributed by atoms with van der Waals surface area (Å²) in [7, 11) is 0. The number of rotatable bonds is 10. The van der Waals surface area contributed by atoms with Crippen molar-refractivity contribution in [2.45, 2.75) is 38.5 Å². The van der Waals surface area contributed by atoms with Crippen LogP contribution in [0.1, 0.15) is 54.2 Å². The van der Waals surface area contributed by atoms with Gasteiger partial charge in [0.05, 0.1) is 5.41 Å². The van der Waals surface area contributed by atoms with Crippen molar-refractivity contribution in [3.63, 3.8) is 0 Å². The Labute approximate surface area is 470 Å². The van der Waals surface area contributed by atoms with Crippen LogP contribution < -0.4 is 9.80 Å². The Morgan fingerprint density at radius 1 is 0.300 bits per heavy atom. The van der Waals surface area contributed by atoms with Crippen LogP contribution in [0.5, 0.6) is 0 Å². The van der Waals surface area contributed by atoms with Gasteiger partial charge in [-0.2, -0.15) is 0 Å². The van der Waals surface area contributed by atoms with Crippen molar-refractivity contribution in [2.75, 3.05) is 9.80 Å². The molecule has 14 rings (SSSR count). The summed E-state index contributed by atoms with van der Waals surface area (Å²) < 4.78 is 0. The zero-order chi connectivity index (χ0) is 54.0. The van der Waals surface area contributed by atoms with Crippen molar-refractivity contribution in [1.29, 1.82) is 0 Å². The molecule has 0 bridgehead atoms. The fraction of sp³-hybridized carbons (Fsp3) is 0.0769. The largest absolute Gasteiger partial charge is 0.310 e. The molecule has 0 spiro atoms. The maximum atomic E-state index is 2.55. The second-order valence-corrected chi connectivity index (χ2v) is 22.5. The Morgan fingerprint density at radius 3 is 1.40 bits per heavy atom. The minimum atomic E-state index is -0.579. The van der Waals surface area contributed by atoms with Crippen molar-refractivity contribution < 1.29 is 0 Å². The van der Waals surface area contributed by atoms with Crippen LogP contribution in [-0.4, -0.2) is 0 Å². The van der Waals surface area contributed by atoms with Crippen LogP contribution in [-0.2, 0) is 10.8 Å². The molecule has 0 fully saturated rings. The monoisotopic (exact) mass is 1020 g/mol. The number of hydrogen-bond acceptors (Lipinski definition) is 2. The number of nitrogens with zero attached hydrogens (tertiary/aromatic N) is 2. The summed E-state index contributed by atoms with van der Waals surface area (Å²) in [6, 6.07) is 109. The lowest BCUT2D eigenvalue weighted by Gasteiger charge is -2.34. The summed E-state index contributed by atoms with van der Waals surface area (Å²) in [5, 5.41) is 7.15. The molecule has 13 aromatic carbocycles. The highest BCUT2D eigenvalue weighted by Crippen LogP contribution is 2.58. The Balaban J connectivity index is 1.13. The van der Waals surface area contributed by atoms with Gasteiger partial charge in [0, 0.05) is 34.1 Å². The molecule has 0 atom stereocenters. The number of fused-ring (bicyclic) bond motifs is 6. The highest BCUT2D eigenvalue weighted by atomic mass is 15.1. The molecular weight excluding hydrogens is 965 g/mol. The van der Waals surface area contributed by atoms with Gasteiger partial charge in [0.25, 0.3) is 0 Å². The molecule has 1 aliphatic rings. The number of anilines is 6. The van der Waals surface area contributed by atoms with Gasteiger partial charge >= 0.3 is 0 Å². The van der Waals surface area contributed by atoms with E-state index in [1.54, 1.807) is 0 Å². The number of benzene rings is 13. The molecule has 80 heavy (non-hydrogen) atoms.